The first-order valence-electron chi connectivity index (χ1n) is 8.21. The number of hydrogen-bond acceptors (Lipinski definition) is 6. The van der Waals surface area contributed by atoms with Gasteiger partial charge in [0.15, 0.2) is 5.96 Å². The lowest BCUT2D eigenvalue weighted by Crippen LogP contribution is -2.51. The Labute approximate surface area is 148 Å². The third-order valence-corrected chi connectivity index (χ3v) is 4.87. The maximum absolute atomic E-state index is 11.6. The summed E-state index contributed by atoms with van der Waals surface area (Å²) >= 11 is 0. The van der Waals surface area contributed by atoms with Gasteiger partial charge in [-0.05, 0) is 19.9 Å². The predicted octanol–water partition coefficient (Wildman–Crippen LogP) is -1.25. The Morgan fingerprint density at radius 2 is 1.92 bits per heavy atom. The first-order chi connectivity index (χ1) is 11.9. The van der Waals surface area contributed by atoms with E-state index in [1.165, 1.54) is 0 Å². The van der Waals surface area contributed by atoms with Crippen molar-refractivity contribution in [3.8, 4) is 0 Å². The number of aliphatic imine (C=N–C) groups is 1. The molecule has 1 saturated heterocycles. The van der Waals surface area contributed by atoms with Gasteiger partial charge in [-0.15, -0.1) is 0 Å². The minimum atomic E-state index is -3.49. The van der Waals surface area contributed by atoms with E-state index in [1.54, 1.807) is 32.3 Å². The fourth-order valence-corrected chi connectivity index (χ4v) is 3.46. The maximum Gasteiger partial charge on any atom is 0.277 e. The lowest BCUT2D eigenvalue weighted by molar-refractivity contribution is 0.378. The third-order valence-electron chi connectivity index (χ3n) is 3.51. The molecule has 11 heteroatoms. The zero-order valence-electron chi connectivity index (χ0n) is 14.6. The molecule has 140 valence electrons. The van der Waals surface area contributed by atoms with E-state index in [0.29, 0.717) is 25.0 Å². The van der Waals surface area contributed by atoms with Crippen molar-refractivity contribution >= 4 is 22.1 Å². The lowest BCUT2D eigenvalue weighted by Gasteiger charge is -2.35. The van der Waals surface area contributed by atoms with Crippen LogP contribution in [0.2, 0.25) is 0 Å². The first-order valence-corrected chi connectivity index (χ1v) is 9.69. The van der Waals surface area contributed by atoms with Crippen LogP contribution >= 0.6 is 0 Å². The molecule has 25 heavy (non-hydrogen) atoms. The molecule has 0 radical (unpaired) electrons. The van der Waals surface area contributed by atoms with E-state index in [0.717, 1.165) is 13.1 Å². The highest BCUT2D eigenvalue weighted by molar-refractivity contribution is 7.87. The molecule has 1 aromatic heterocycles. The number of piperazine rings is 1. The van der Waals surface area contributed by atoms with Crippen LogP contribution < -0.4 is 20.1 Å². The van der Waals surface area contributed by atoms with Crippen LogP contribution in [0.3, 0.4) is 0 Å². The predicted molar refractivity (Wildman–Crippen MR) is 97.5 cm³/mol. The molecule has 0 atom stereocenters. The van der Waals surface area contributed by atoms with Crippen molar-refractivity contribution in [1.82, 2.24) is 24.3 Å². The van der Waals surface area contributed by atoms with Gasteiger partial charge in [0.05, 0.1) is 6.54 Å². The largest absolute Gasteiger partial charge is 0.370 e. The molecule has 0 aromatic carbocycles. The number of anilines is 1. The molecule has 0 saturated carbocycles. The summed E-state index contributed by atoms with van der Waals surface area (Å²) in [5, 5.41) is 0. The summed E-state index contributed by atoms with van der Waals surface area (Å²) in [6.07, 6.45) is 3.44. The Morgan fingerprint density at radius 1 is 1.28 bits per heavy atom. The van der Waals surface area contributed by atoms with Crippen LogP contribution in [0.15, 0.2) is 23.5 Å². The van der Waals surface area contributed by atoms with Gasteiger partial charge in [0.2, 0.25) is 5.95 Å². The second-order valence-corrected chi connectivity index (χ2v) is 7.46. The zero-order chi connectivity index (χ0) is 18.3. The van der Waals surface area contributed by atoms with Crippen molar-refractivity contribution in [1.29, 1.82) is 0 Å². The van der Waals surface area contributed by atoms with Crippen molar-refractivity contribution in [3.63, 3.8) is 0 Å². The molecule has 1 aliphatic rings. The summed E-state index contributed by atoms with van der Waals surface area (Å²) < 4.78 is 28.1. The number of hydrogen-bond donors (Lipinski definition) is 3. The number of nitrogens with two attached hydrogens (primary N) is 1. The Hall–Kier alpha value is -1.98. The topological polar surface area (TPSA) is 129 Å². The van der Waals surface area contributed by atoms with Crippen LogP contribution in [0.4, 0.5) is 5.95 Å². The summed E-state index contributed by atoms with van der Waals surface area (Å²) in [7, 11) is -3.49. The van der Waals surface area contributed by atoms with Crippen LogP contribution in [-0.4, -0.2) is 74.6 Å². The SMILES string of the molecule is CC(C)NS(=O)(=O)NCCN=C(N)N1CCN(c2ncccn2)CC1. The third kappa shape index (κ3) is 6.44. The molecule has 0 aliphatic carbocycles. The second kappa shape index (κ2) is 8.92. The summed E-state index contributed by atoms with van der Waals surface area (Å²) in [5.74, 6) is 1.13. The fourth-order valence-electron chi connectivity index (χ4n) is 2.39. The van der Waals surface area contributed by atoms with Crippen molar-refractivity contribution in [2.45, 2.75) is 19.9 Å². The summed E-state index contributed by atoms with van der Waals surface area (Å²) in [6, 6.07) is 1.63. The van der Waals surface area contributed by atoms with Gasteiger partial charge >= 0.3 is 0 Å². The molecule has 1 aliphatic heterocycles. The lowest BCUT2D eigenvalue weighted by atomic mass is 10.3. The van der Waals surface area contributed by atoms with Gasteiger partial charge in [-0.2, -0.15) is 13.1 Å². The van der Waals surface area contributed by atoms with Crippen molar-refractivity contribution in [2.75, 3.05) is 44.2 Å². The van der Waals surface area contributed by atoms with Crippen LogP contribution in [-0.2, 0) is 10.2 Å². The van der Waals surface area contributed by atoms with E-state index in [1.807, 2.05) is 4.90 Å². The van der Waals surface area contributed by atoms with Crippen LogP contribution in [0, 0.1) is 0 Å². The molecule has 2 rings (SSSR count). The van der Waals surface area contributed by atoms with E-state index in [2.05, 4.69) is 29.3 Å². The Bertz CT molecular complexity index is 657. The average molecular weight is 370 g/mol. The fraction of sp³-hybridized carbons (Fsp3) is 0.643. The van der Waals surface area contributed by atoms with Crippen LogP contribution in [0.1, 0.15) is 13.8 Å². The second-order valence-electron chi connectivity index (χ2n) is 5.93. The highest BCUT2D eigenvalue weighted by atomic mass is 32.2. The van der Waals surface area contributed by atoms with Gasteiger partial charge in [0.25, 0.3) is 10.2 Å². The molecule has 0 spiro atoms. The Kier molecular flexibility index (Phi) is 6.91. The van der Waals surface area contributed by atoms with Gasteiger partial charge in [-0.3, -0.25) is 4.99 Å². The number of nitrogens with zero attached hydrogens (tertiary/aromatic N) is 5. The maximum atomic E-state index is 11.6. The Balaban J connectivity index is 1.74. The molecule has 0 bridgehead atoms. The van der Waals surface area contributed by atoms with Crippen LogP contribution in [0.25, 0.3) is 0 Å². The molecular formula is C14H26N8O2S. The van der Waals surface area contributed by atoms with Gasteiger partial charge in [0, 0.05) is 51.2 Å². The average Bonchev–Trinajstić information content (AvgIpc) is 2.58. The van der Waals surface area contributed by atoms with Crippen molar-refractivity contribution < 1.29 is 8.42 Å². The number of nitrogens with one attached hydrogen (secondary N) is 2. The van der Waals surface area contributed by atoms with Gasteiger partial charge in [0.1, 0.15) is 0 Å². The molecule has 0 unspecified atom stereocenters. The molecular weight excluding hydrogens is 344 g/mol. The van der Waals surface area contributed by atoms with Gasteiger partial charge < -0.3 is 15.5 Å². The number of rotatable bonds is 7. The molecule has 1 aromatic rings. The number of guanidine groups is 1. The van der Waals surface area contributed by atoms with E-state index >= 15 is 0 Å². The molecule has 2 heterocycles. The van der Waals surface area contributed by atoms with E-state index in [-0.39, 0.29) is 19.1 Å². The highest BCUT2D eigenvalue weighted by Gasteiger charge is 2.19. The summed E-state index contributed by atoms with van der Waals surface area (Å²) in [5.41, 5.74) is 6.00. The van der Waals surface area contributed by atoms with Crippen molar-refractivity contribution in [3.05, 3.63) is 18.5 Å². The molecule has 0 amide bonds. The number of aromatic nitrogens is 2. The standard InChI is InChI=1S/C14H26N8O2S/c1-12(2)20-25(23,24)19-7-6-16-13(15)21-8-10-22(11-9-21)14-17-4-3-5-18-14/h3-5,12,19-20H,6-11H2,1-2H3,(H2,15,16). The van der Waals surface area contributed by atoms with Crippen LogP contribution in [0.5, 0.6) is 0 Å². The Morgan fingerprint density at radius 3 is 2.52 bits per heavy atom. The minimum Gasteiger partial charge on any atom is -0.370 e. The van der Waals surface area contributed by atoms with E-state index < -0.39 is 10.2 Å². The zero-order valence-corrected chi connectivity index (χ0v) is 15.4. The highest BCUT2D eigenvalue weighted by Crippen LogP contribution is 2.09. The molecule has 4 N–H and O–H groups in total. The van der Waals surface area contributed by atoms with E-state index in [9.17, 15) is 8.42 Å². The quantitative estimate of drug-likeness (QED) is 0.310. The molecule has 1 fully saturated rings. The monoisotopic (exact) mass is 370 g/mol. The summed E-state index contributed by atoms with van der Waals surface area (Å²) in [4.78, 5) is 16.8. The van der Waals surface area contributed by atoms with Gasteiger partial charge in [-0.1, -0.05) is 0 Å². The normalized spacial score (nSPS) is 16.5. The summed E-state index contributed by atoms with van der Waals surface area (Å²) in [6.45, 7) is 6.94. The van der Waals surface area contributed by atoms with Crippen molar-refractivity contribution in [2.24, 2.45) is 10.7 Å². The minimum absolute atomic E-state index is 0.157. The van der Waals surface area contributed by atoms with Gasteiger partial charge in [-0.25, -0.2) is 14.7 Å². The van der Waals surface area contributed by atoms with E-state index in [4.69, 9.17) is 5.73 Å². The first kappa shape index (κ1) is 19.3. The smallest absolute Gasteiger partial charge is 0.277 e. The molecule has 10 nitrogen and oxygen atoms in total.